The van der Waals surface area contributed by atoms with Gasteiger partial charge >= 0.3 is 0 Å². The molecule has 1 aromatic rings. The fourth-order valence-corrected chi connectivity index (χ4v) is 3.17. The average Bonchev–Trinajstić information content (AvgIpc) is 2.25. The van der Waals surface area contributed by atoms with Crippen molar-refractivity contribution in [3.05, 3.63) is 24.0 Å². The summed E-state index contributed by atoms with van der Waals surface area (Å²) in [5, 5.41) is 0. The van der Waals surface area contributed by atoms with E-state index in [2.05, 4.69) is 4.72 Å². The first-order valence-corrected chi connectivity index (χ1v) is 7.43. The van der Waals surface area contributed by atoms with Gasteiger partial charge in [-0.15, -0.1) is 0 Å². The predicted molar refractivity (Wildman–Crippen MR) is 70.1 cm³/mol. The van der Waals surface area contributed by atoms with Crippen LogP contribution in [0.15, 0.2) is 23.1 Å². The molecule has 1 unspecified atom stereocenters. The Kier molecular flexibility index (Phi) is 5.10. The number of anilines is 1. The van der Waals surface area contributed by atoms with Gasteiger partial charge in [0.05, 0.1) is 5.69 Å². The lowest BCUT2D eigenvalue weighted by Crippen LogP contribution is -2.33. The number of nitrogen functional groups attached to an aromatic ring is 1. The molecule has 0 spiro atoms. The van der Waals surface area contributed by atoms with Gasteiger partial charge in [-0.2, -0.15) is 0 Å². The maximum absolute atomic E-state index is 13.5. The van der Waals surface area contributed by atoms with Gasteiger partial charge in [0.2, 0.25) is 10.0 Å². The third kappa shape index (κ3) is 3.68. The van der Waals surface area contributed by atoms with E-state index in [1.54, 1.807) is 6.92 Å². The molecular weight excluding hydrogens is 255 g/mol. The number of hydrogen-bond acceptors (Lipinski definition) is 3. The van der Waals surface area contributed by atoms with Gasteiger partial charge in [-0.25, -0.2) is 17.5 Å². The van der Waals surface area contributed by atoms with Crippen molar-refractivity contribution in [1.82, 2.24) is 4.72 Å². The normalized spacial score (nSPS) is 13.5. The zero-order valence-corrected chi connectivity index (χ0v) is 11.4. The van der Waals surface area contributed by atoms with Crippen LogP contribution < -0.4 is 10.5 Å². The van der Waals surface area contributed by atoms with E-state index in [4.69, 9.17) is 5.73 Å². The lowest BCUT2D eigenvalue weighted by atomic mass is 10.2. The van der Waals surface area contributed by atoms with E-state index in [-0.39, 0.29) is 11.7 Å². The van der Waals surface area contributed by atoms with E-state index in [1.807, 2.05) is 6.92 Å². The Balaban J connectivity index is 2.93. The Morgan fingerprint density at radius 2 is 2.11 bits per heavy atom. The minimum absolute atomic E-state index is 0.0785. The second kappa shape index (κ2) is 6.15. The summed E-state index contributed by atoms with van der Waals surface area (Å²) < 4.78 is 40.0. The molecule has 0 aromatic heterocycles. The van der Waals surface area contributed by atoms with Gasteiger partial charge in [0.15, 0.2) is 0 Å². The van der Waals surface area contributed by atoms with Crippen LogP contribution in [0.5, 0.6) is 0 Å². The topological polar surface area (TPSA) is 72.2 Å². The molecule has 0 amide bonds. The van der Waals surface area contributed by atoms with Crippen molar-refractivity contribution >= 4 is 15.7 Å². The monoisotopic (exact) mass is 274 g/mol. The highest BCUT2D eigenvalue weighted by molar-refractivity contribution is 7.89. The van der Waals surface area contributed by atoms with Crippen molar-refractivity contribution in [2.45, 2.75) is 44.0 Å². The first-order valence-electron chi connectivity index (χ1n) is 5.94. The maximum atomic E-state index is 13.5. The lowest BCUT2D eigenvalue weighted by Gasteiger charge is -2.15. The molecule has 0 saturated heterocycles. The van der Waals surface area contributed by atoms with E-state index in [9.17, 15) is 12.8 Å². The SMILES string of the molecule is CCCCC(C)NS(=O)(=O)c1c(N)cccc1F. The minimum atomic E-state index is -3.90. The van der Waals surface area contributed by atoms with Gasteiger partial charge < -0.3 is 5.73 Å². The fraction of sp³-hybridized carbons (Fsp3) is 0.500. The van der Waals surface area contributed by atoms with E-state index in [0.717, 1.165) is 18.9 Å². The van der Waals surface area contributed by atoms with Crippen LogP contribution in [-0.4, -0.2) is 14.5 Å². The molecule has 4 nitrogen and oxygen atoms in total. The summed E-state index contributed by atoms with van der Waals surface area (Å²) in [5.74, 6) is -0.829. The number of nitrogens with two attached hydrogens (primary N) is 1. The van der Waals surface area contributed by atoms with Crippen molar-refractivity contribution in [3.8, 4) is 0 Å². The smallest absolute Gasteiger partial charge is 0.245 e. The van der Waals surface area contributed by atoms with Crippen LogP contribution in [0.1, 0.15) is 33.1 Å². The Morgan fingerprint density at radius 1 is 1.44 bits per heavy atom. The molecular formula is C12H19FN2O2S. The molecule has 3 N–H and O–H groups in total. The van der Waals surface area contributed by atoms with Gasteiger partial charge in [0.25, 0.3) is 0 Å². The molecule has 0 aliphatic heterocycles. The summed E-state index contributed by atoms with van der Waals surface area (Å²) in [7, 11) is -3.90. The number of unbranched alkanes of at least 4 members (excludes halogenated alkanes) is 1. The van der Waals surface area contributed by atoms with Crippen LogP contribution in [0.25, 0.3) is 0 Å². The Hall–Kier alpha value is -1.14. The summed E-state index contributed by atoms with van der Waals surface area (Å²) >= 11 is 0. The van der Waals surface area contributed by atoms with Gasteiger partial charge in [-0.3, -0.25) is 0 Å². The highest BCUT2D eigenvalue weighted by atomic mass is 32.2. The van der Waals surface area contributed by atoms with Crippen molar-refractivity contribution in [2.24, 2.45) is 0 Å². The molecule has 0 bridgehead atoms. The van der Waals surface area contributed by atoms with Crippen LogP contribution >= 0.6 is 0 Å². The van der Waals surface area contributed by atoms with E-state index in [1.165, 1.54) is 12.1 Å². The molecule has 0 aliphatic carbocycles. The Labute approximate surface area is 107 Å². The van der Waals surface area contributed by atoms with Gasteiger partial charge in [0.1, 0.15) is 10.7 Å². The highest BCUT2D eigenvalue weighted by Crippen LogP contribution is 2.21. The molecule has 0 fully saturated rings. The quantitative estimate of drug-likeness (QED) is 0.782. The van der Waals surface area contributed by atoms with Crippen LogP contribution in [-0.2, 0) is 10.0 Å². The summed E-state index contributed by atoms with van der Waals surface area (Å²) in [6, 6.07) is 3.59. The molecule has 1 atom stereocenters. The second-order valence-corrected chi connectivity index (χ2v) is 5.97. The van der Waals surface area contributed by atoms with E-state index < -0.39 is 20.7 Å². The highest BCUT2D eigenvalue weighted by Gasteiger charge is 2.23. The zero-order chi connectivity index (χ0) is 13.8. The molecule has 0 radical (unpaired) electrons. The van der Waals surface area contributed by atoms with E-state index >= 15 is 0 Å². The summed E-state index contributed by atoms with van der Waals surface area (Å²) in [4.78, 5) is -0.464. The number of hydrogen-bond donors (Lipinski definition) is 2. The standard InChI is InChI=1S/C12H19FN2O2S/c1-3-4-6-9(2)15-18(16,17)12-10(13)7-5-8-11(12)14/h5,7-9,15H,3-4,6,14H2,1-2H3. The van der Waals surface area contributed by atoms with Gasteiger partial charge in [-0.1, -0.05) is 25.8 Å². The third-order valence-corrected chi connectivity index (χ3v) is 4.29. The molecule has 1 rings (SSSR count). The fourth-order valence-electron chi connectivity index (χ4n) is 1.70. The summed E-state index contributed by atoms with van der Waals surface area (Å²) in [6.07, 6.45) is 2.61. The van der Waals surface area contributed by atoms with Crippen molar-refractivity contribution < 1.29 is 12.8 Å². The first-order chi connectivity index (χ1) is 8.38. The number of halogens is 1. The second-order valence-electron chi connectivity index (χ2n) is 4.32. The maximum Gasteiger partial charge on any atom is 0.245 e. The van der Waals surface area contributed by atoms with Crippen LogP contribution in [0.4, 0.5) is 10.1 Å². The predicted octanol–water partition coefficient (Wildman–Crippen LogP) is 2.26. The number of benzene rings is 1. The van der Waals surface area contributed by atoms with Crippen molar-refractivity contribution in [1.29, 1.82) is 0 Å². The third-order valence-electron chi connectivity index (χ3n) is 2.61. The largest absolute Gasteiger partial charge is 0.398 e. The van der Waals surface area contributed by atoms with E-state index in [0.29, 0.717) is 6.42 Å². The molecule has 18 heavy (non-hydrogen) atoms. The number of sulfonamides is 1. The summed E-state index contributed by atoms with van der Waals surface area (Å²) in [6.45, 7) is 3.78. The number of nitrogens with one attached hydrogen (secondary N) is 1. The molecule has 0 aliphatic rings. The van der Waals surface area contributed by atoms with Crippen LogP contribution in [0.2, 0.25) is 0 Å². The number of rotatable bonds is 6. The first kappa shape index (κ1) is 14.9. The minimum Gasteiger partial charge on any atom is -0.398 e. The molecule has 1 aromatic carbocycles. The van der Waals surface area contributed by atoms with Crippen molar-refractivity contribution in [2.75, 3.05) is 5.73 Å². The molecule has 6 heteroatoms. The zero-order valence-electron chi connectivity index (χ0n) is 10.6. The average molecular weight is 274 g/mol. The molecule has 0 saturated carbocycles. The van der Waals surface area contributed by atoms with Gasteiger partial charge in [-0.05, 0) is 25.5 Å². The van der Waals surface area contributed by atoms with Crippen molar-refractivity contribution in [3.63, 3.8) is 0 Å². The molecule has 0 heterocycles. The summed E-state index contributed by atoms with van der Waals surface area (Å²) in [5.41, 5.74) is 5.45. The Bertz CT molecular complexity index is 483. The molecule has 102 valence electrons. The van der Waals surface area contributed by atoms with Crippen LogP contribution in [0, 0.1) is 5.82 Å². The van der Waals surface area contributed by atoms with Crippen LogP contribution in [0.3, 0.4) is 0 Å². The lowest BCUT2D eigenvalue weighted by molar-refractivity contribution is 0.525. The Morgan fingerprint density at radius 3 is 2.67 bits per heavy atom. The van der Waals surface area contributed by atoms with Gasteiger partial charge in [0, 0.05) is 6.04 Å².